The summed E-state index contributed by atoms with van der Waals surface area (Å²) in [6, 6.07) is 0. The molecule has 9 heteroatoms. The molecule has 0 N–H and O–H groups in total. The molecule has 7 nitrogen and oxygen atoms in total. The number of ether oxygens (including phenoxy) is 1. The zero-order valence-electron chi connectivity index (χ0n) is 11.7. The number of hydrogen-bond acceptors (Lipinski definition) is 7. The predicted octanol–water partition coefficient (Wildman–Crippen LogP) is 0.331. The van der Waals surface area contributed by atoms with Crippen molar-refractivity contribution in [1.82, 2.24) is 4.90 Å². The van der Waals surface area contributed by atoms with Crippen LogP contribution >= 0.6 is 11.8 Å². The molecule has 1 aliphatic rings. The molecule has 1 atom stereocenters. The Morgan fingerprint density at radius 2 is 2.10 bits per heavy atom. The van der Waals surface area contributed by atoms with Crippen LogP contribution in [-0.4, -0.2) is 56.5 Å². The van der Waals surface area contributed by atoms with Gasteiger partial charge in [-0.25, -0.2) is 4.79 Å². The SMILES string of the molecule is CCOC(=O)/C=C1\SC(C)(COS(C)(=O)=O)C(=O)N1C. The summed E-state index contributed by atoms with van der Waals surface area (Å²) in [6.07, 6.45) is 2.12. The van der Waals surface area contributed by atoms with Crippen molar-refractivity contribution in [1.29, 1.82) is 0 Å². The summed E-state index contributed by atoms with van der Waals surface area (Å²) >= 11 is 1.07. The van der Waals surface area contributed by atoms with Crippen molar-refractivity contribution in [2.75, 3.05) is 26.5 Å². The third kappa shape index (κ3) is 4.22. The molecule has 0 spiro atoms. The predicted molar refractivity (Wildman–Crippen MR) is 74.3 cm³/mol. The van der Waals surface area contributed by atoms with Crippen LogP contribution in [0.4, 0.5) is 0 Å². The lowest BCUT2D eigenvalue weighted by Crippen LogP contribution is -2.39. The van der Waals surface area contributed by atoms with Crippen LogP contribution in [0.15, 0.2) is 11.1 Å². The molecule has 1 heterocycles. The van der Waals surface area contributed by atoms with E-state index in [4.69, 9.17) is 8.92 Å². The van der Waals surface area contributed by atoms with Gasteiger partial charge in [-0.1, -0.05) is 11.8 Å². The van der Waals surface area contributed by atoms with Gasteiger partial charge in [0.15, 0.2) is 0 Å². The molecular formula is C11H17NO6S2. The van der Waals surface area contributed by atoms with Crippen molar-refractivity contribution in [3.8, 4) is 0 Å². The van der Waals surface area contributed by atoms with E-state index in [1.54, 1.807) is 13.8 Å². The summed E-state index contributed by atoms with van der Waals surface area (Å²) in [4.78, 5) is 24.8. The number of thioether (sulfide) groups is 1. The van der Waals surface area contributed by atoms with Crippen LogP contribution in [0.25, 0.3) is 0 Å². The van der Waals surface area contributed by atoms with Gasteiger partial charge in [0.1, 0.15) is 4.75 Å². The van der Waals surface area contributed by atoms with Gasteiger partial charge in [-0.05, 0) is 13.8 Å². The highest BCUT2D eigenvalue weighted by Gasteiger charge is 2.46. The van der Waals surface area contributed by atoms with Gasteiger partial charge in [0, 0.05) is 7.05 Å². The maximum absolute atomic E-state index is 12.1. The van der Waals surface area contributed by atoms with E-state index in [2.05, 4.69) is 0 Å². The normalized spacial score (nSPS) is 25.3. The minimum Gasteiger partial charge on any atom is -0.463 e. The smallest absolute Gasteiger partial charge is 0.333 e. The Balaban J connectivity index is 2.88. The second-order valence-electron chi connectivity index (χ2n) is 4.40. The van der Waals surface area contributed by atoms with Gasteiger partial charge < -0.3 is 9.64 Å². The summed E-state index contributed by atoms with van der Waals surface area (Å²) in [7, 11) is -2.13. The summed E-state index contributed by atoms with van der Waals surface area (Å²) < 4.78 is 30.4. The third-order valence-corrected chi connectivity index (χ3v) is 4.38. The fraction of sp³-hybridized carbons (Fsp3) is 0.636. The van der Waals surface area contributed by atoms with Crippen LogP contribution in [0.2, 0.25) is 0 Å². The molecule has 0 aromatic heterocycles. The minimum atomic E-state index is -3.63. The maximum Gasteiger partial charge on any atom is 0.333 e. The highest BCUT2D eigenvalue weighted by Crippen LogP contribution is 2.42. The molecule has 0 bridgehead atoms. The number of carbonyl (C=O) groups excluding carboxylic acids is 2. The Hall–Kier alpha value is -1.06. The minimum absolute atomic E-state index is 0.236. The molecule has 0 saturated carbocycles. The van der Waals surface area contributed by atoms with Crippen molar-refractivity contribution < 1.29 is 26.9 Å². The zero-order chi connectivity index (χ0) is 15.6. The first kappa shape index (κ1) is 17.0. The van der Waals surface area contributed by atoms with Crippen LogP contribution < -0.4 is 0 Å². The third-order valence-electron chi connectivity index (χ3n) is 2.49. The molecule has 1 saturated heterocycles. The van der Waals surface area contributed by atoms with Crippen molar-refractivity contribution >= 4 is 33.8 Å². The standard InChI is InChI=1S/C11H17NO6S2/c1-5-17-9(13)6-8-12(3)10(14)11(2,19-8)7-18-20(4,15)16/h6H,5,7H2,1-4H3/b8-6-. The molecule has 1 rings (SSSR count). The van der Waals surface area contributed by atoms with E-state index in [1.807, 2.05) is 0 Å². The topological polar surface area (TPSA) is 90.0 Å². The molecular weight excluding hydrogens is 306 g/mol. The molecule has 114 valence electrons. The molecule has 1 fully saturated rings. The van der Waals surface area contributed by atoms with Crippen molar-refractivity contribution in [2.24, 2.45) is 0 Å². The van der Waals surface area contributed by atoms with E-state index < -0.39 is 20.8 Å². The highest BCUT2D eigenvalue weighted by atomic mass is 32.2. The summed E-state index contributed by atoms with van der Waals surface area (Å²) in [5.41, 5.74) is 0. The molecule has 1 unspecified atom stereocenters. The molecule has 0 aliphatic carbocycles. The van der Waals surface area contributed by atoms with Crippen molar-refractivity contribution in [3.63, 3.8) is 0 Å². The van der Waals surface area contributed by atoms with Gasteiger partial charge in [0.25, 0.3) is 10.1 Å². The van der Waals surface area contributed by atoms with Gasteiger partial charge in [-0.3, -0.25) is 8.98 Å². The second-order valence-corrected chi connectivity index (χ2v) is 7.57. The van der Waals surface area contributed by atoms with Crippen LogP contribution in [0.5, 0.6) is 0 Å². The van der Waals surface area contributed by atoms with E-state index in [-0.39, 0.29) is 19.1 Å². The maximum atomic E-state index is 12.1. The van der Waals surface area contributed by atoms with E-state index in [9.17, 15) is 18.0 Å². The molecule has 0 aromatic rings. The summed E-state index contributed by atoms with van der Waals surface area (Å²) in [6.45, 7) is 3.18. The fourth-order valence-electron chi connectivity index (χ4n) is 1.52. The number of esters is 1. The molecule has 20 heavy (non-hydrogen) atoms. The average Bonchev–Trinajstić information content (AvgIpc) is 2.52. The first-order valence-electron chi connectivity index (χ1n) is 5.79. The van der Waals surface area contributed by atoms with E-state index in [1.165, 1.54) is 18.0 Å². The number of rotatable bonds is 5. The number of carbonyl (C=O) groups is 2. The van der Waals surface area contributed by atoms with E-state index in [0.29, 0.717) is 5.03 Å². The Morgan fingerprint density at radius 3 is 2.60 bits per heavy atom. The monoisotopic (exact) mass is 323 g/mol. The molecule has 0 radical (unpaired) electrons. The molecule has 1 aliphatic heterocycles. The Morgan fingerprint density at radius 1 is 1.50 bits per heavy atom. The van der Waals surface area contributed by atoms with Crippen LogP contribution in [0.3, 0.4) is 0 Å². The first-order valence-corrected chi connectivity index (χ1v) is 8.42. The van der Waals surface area contributed by atoms with Gasteiger partial charge in [0.2, 0.25) is 5.91 Å². The van der Waals surface area contributed by atoms with Crippen molar-refractivity contribution in [2.45, 2.75) is 18.6 Å². The first-order chi connectivity index (χ1) is 9.09. The van der Waals surface area contributed by atoms with E-state index in [0.717, 1.165) is 18.0 Å². The van der Waals surface area contributed by atoms with Gasteiger partial charge >= 0.3 is 5.97 Å². The van der Waals surface area contributed by atoms with Crippen LogP contribution in [0.1, 0.15) is 13.8 Å². The Kier molecular flexibility index (Phi) is 5.22. The van der Waals surface area contributed by atoms with E-state index >= 15 is 0 Å². The lowest BCUT2D eigenvalue weighted by Gasteiger charge is -2.18. The van der Waals surface area contributed by atoms with Gasteiger partial charge in [-0.2, -0.15) is 8.42 Å². The average molecular weight is 323 g/mol. The van der Waals surface area contributed by atoms with Gasteiger partial charge in [0.05, 0.1) is 30.6 Å². The van der Waals surface area contributed by atoms with Crippen molar-refractivity contribution in [3.05, 3.63) is 11.1 Å². The highest BCUT2D eigenvalue weighted by molar-refractivity contribution is 8.05. The van der Waals surface area contributed by atoms with Gasteiger partial charge in [-0.15, -0.1) is 0 Å². The molecule has 1 amide bonds. The summed E-state index contributed by atoms with van der Waals surface area (Å²) in [5.74, 6) is -0.885. The lowest BCUT2D eigenvalue weighted by molar-refractivity contribution is -0.137. The Labute approximate surface area is 122 Å². The largest absolute Gasteiger partial charge is 0.463 e. The Bertz CT molecular complexity index is 541. The number of nitrogens with zero attached hydrogens (tertiary/aromatic N) is 1. The van der Waals surface area contributed by atoms with Crippen LogP contribution in [-0.2, 0) is 28.6 Å². The number of hydrogen-bond donors (Lipinski definition) is 0. The second kappa shape index (κ2) is 6.15. The fourth-order valence-corrected chi connectivity index (χ4v) is 3.22. The summed E-state index contributed by atoms with van der Waals surface area (Å²) in [5, 5.41) is 0.396. The molecule has 0 aromatic carbocycles. The quantitative estimate of drug-likeness (QED) is 0.409. The number of amides is 1. The lowest BCUT2D eigenvalue weighted by atomic mass is 10.1. The van der Waals surface area contributed by atoms with Crippen LogP contribution in [0, 0.1) is 0 Å². The zero-order valence-corrected chi connectivity index (χ0v) is 13.3.